The molecule has 1 aromatic heterocycles. The molecule has 2 aromatic carbocycles. The highest BCUT2D eigenvalue weighted by Gasteiger charge is 2.08. The molecule has 0 saturated carbocycles. The maximum atomic E-state index is 5.85. The van der Waals surface area contributed by atoms with E-state index in [9.17, 15) is 0 Å². The Morgan fingerprint density at radius 2 is 1.67 bits per heavy atom. The summed E-state index contributed by atoms with van der Waals surface area (Å²) in [6.07, 6.45) is 0. The van der Waals surface area contributed by atoms with Crippen LogP contribution < -0.4 is 5.32 Å². The fraction of sp³-hybridized carbons (Fsp3) is 0.125. The fourth-order valence-corrected chi connectivity index (χ4v) is 2.07. The second kappa shape index (κ2) is 6.52. The molecule has 3 aromatic rings. The normalized spacial score (nSPS) is 10.7. The van der Waals surface area contributed by atoms with E-state index in [0.717, 1.165) is 12.1 Å². The smallest absolute Gasteiger partial charge is 0.247 e. The van der Waals surface area contributed by atoms with Gasteiger partial charge < -0.3 is 9.73 Å². The van der Waals surface area contributed by atoms with Gasteiger partial charge in [-0.15, -0.1) is 10.2 Å². The molecule has 3 rings (SSSR count). The van der Waals surface area contributed by atoms with Crippen molar-refractivity contribution in [3.05, 3.63) is 71.1 Å². The lowest BCUT2D eigenvalue weighted by atomic mass is 10.2. The van der Waals surface area contributed by atoms with Crippen molar-refractivity contribution < 1.29 is 4.42 Å². The molecular formula is C16H14ClN3O. The van der Waals surface area contributed by atoms with Gasteiger partial charge in [-0.2, -0.15) is 0 Å². The molecule has 1 heterocycles. The monoisotopic (exact) mass is 299 g/mol. The van der Waals surface area contributed by atoms with Crippen LogP contribution in [0.2, 0.25) is 5.02 Å². The summed E-state index contributed by atoms with van der Waals surface area (Å²) >= 11 is 5.85. The van der Waals surface area contributed by atoms with Crippen LogP contribution in [0.15, 0.2) is 59.0 Å². The molecule has 0 aliphatic carbocycles. The molecule has 0 aliphatic heterocycles. The number of halogens is 1. The first-order chi connectivity index (χ1) is 10.3. The van der Waals surface area contributed by atoms with Crippen molar-refractivity contribution in [3.63, 3.8) is 0 Å². The van der Waals surface area contributed by atoms with E-state index >= 15 is 0 Å². The number of benzene rings is 2. The van der Waals surface area contributed by atoms with E-state index in [0.29, 0.717) is 23.3 Å². The van der Waals surface area contributed by atoms with Crippen LogP contribution in [0.5, 0.6) is 0 Å². The van der Waals surface area contributed by atoms with Crippen LogP contribution >= 0.6 is 11.6 Å². The predicted octanol–water partition coefficient (Wildman–Crippen LogP) is 3.68. The maximum Gasteiger partial charge on any atom is 0.247 e. The van der Waals surface area contributed by atoms with E-state index in [2.05, 4.69) is 27.6 Å². The molecule has 0 bridgehead atoms. The average molecular weight is 300 g/mol. The first kappa shape index (κ1) is 13.8. The molecule has 0 amide bonds. The van der Waals surface area contributed by atoms with Gasteiger partial charge in [0.25, 0.3) is 0 Å². The van der Waals surface area contributed by atoms with Gasteiger partial charge in [0.15, 0.2) is 0 Å². The van der Waals surface area contributed by atoms with E-state index in [4.69, 9.17) is 16.0 Å². The molecule has 0 spiro atoms. The Morgan fingerprint density at radius 3 is 2.43 bits per heavy atom. The van der Waals surface area contributed by atoms with Crippen molar-refractivity contribution in [3.8, 4) is 11.5 Å². The van der Waals surface area contributed by atoms with E-state index in [1.807, 2.05) is 30.3 Å². The van der Waals surface area contributed by atoms with Gasteiger partial charge >= 0.3 is 0 Å². The predicted molar refractivity (Wildman–Crippen MR) is 81.7 cm³/mol. The molecule has 0 atom stereocenters. The number of hydrogen-bond donors (Lipinski definition) is 1. The highest BCUT2D eigenvalue weighted by atomic mass is 35.5. The third-order valence-corrected chi connectivity index (χ3v) is 3.26. The van der Waals surface area contributed by atoms with E-state index < -0.39 is 0 Å². The molecule has 106 valence electrons. The first-order valence-corrected chi connectivity index (χ1v) is 7.02. The van der Waals surface area contributed by atoms with Gasteiger partial charge in [-0.3, -0.25) is 0 Å². The zero-order chi connectivity index (χ0) is 14.5. The van der Waals surface area contributed by atoms with Gasteiger partial charge in [-0.1, -0.05) is 41.9 Å². The zero-order valence-corrected chi connectivity index (χ0v) is 12.0. The summed E-state index contributed by atoms with van der Waals surface area (Å²) < 4.78 is 5.62. The summed E-state index contributed by atoms with van der Waals surface area (Å²) in [5.41, 5.74) is 2.08. The minimum Gasteiger partial charge on any atom is -0.419 e. The largest absolute Gasteiger partial charge is 0.419 e. The van der Waals surface area contributed by atoms with Gasteiger partial charge in [-0.05, 0) is 29.8 Å². The molecule has 4 nitrogen and oxygen atoms in total. The lowest BCUT2D eigenvalue weighted by Crippen LogP contribution is -2.12. The summed E-state index contributed by atoms with van der Waals surface area (Å²) in [5, 5.41) is 12.0. The summed E-state index contributed by atoms with van der Waals surface area (Å²) in [6, 6.07) is 17.5. The minimum atomic E-state index is 0.503. The molecule has 1 N–H and O–H groups in total. The number of aromatic nitrogens is 2. The summed E-state index contributed by atoms with van der Waals surface area (Å²) in [5.74, 6) is 1.07. The standard InChI is InChI=1S/C16H14ClN3O/c17-14-8-6-13(7-9-14)16-20-19-15(21-16)11-18-10-12-4-2-1-3-5-12/h1-9,18H,10-11H2. The number of hydrogen-bond acceptors (Lipinski definition) is 4. The average Bonchev–Trinajstić information content (AvgIpc) is 2.98. The highest BCUT2D eigenvalue weighted by Crippen LogP contribution is 2.20. The highest BCUT2D eigenvalue weighted by molar-refractivity contribution is 6.30. The Labute approximate surface area is 127 Å². The van der Waals surface area contributed by atoms with Gasteiger partial charge in [-0.25, -0.2) is 0 Å². The fourth-order valence-electron chi connectivity index (χ4n) is 1.94. The quantitative estimate of drug-likeness (QED) is 0.781. The third-order valence-electron chi connectivity index (χ3n) is 3.01. The topological polar surface area (TPSA) is 51.0 Å². The number of nitrogens with one attached hydrogen (secondary N) is 1. The second-order valence-electron chi connectivity index (χ2n) is 4.60. The van der Waals surface area contributed by atoms with Gasteiger partial charge in [0, 0.05) is 17.1 Å². The molecule has 0 aliphatic rings. The van der Waals surface area contributed by atoms with Gasteiger partial charge in [0.1, 0.15) is 0 Å². The van der Waals surface area contributed by atoms with Crippen LogP contribution in [0.25, 0.3) is 11.5 Å². The molecule has 0 unspecified atom stereocenters. The Kier molecular flexibility index (Phi) is 4.28. The number of nitrogens with zero attached hydrogens (tertiary/aromatic N) is 2. The van der Waals surface area contributed by atoms with Crippen LogP contribution in [0.4, 0.5) is 0 Å². The molecule has 0 fully saturated rings. The molecule has 0 radical (unpaired) electrons. The minimum absolute atomic E-state index is 0.503. The van der Waals surface area contributed by atoms with Gasteiger partial charge in [0.05, 0.1) is 6.54 Å². The van der Waals surface area contributed by atoms with Crippen LogP contribution in [0.3, 0.4) is 0 Å². The van der Waals surface area contributed by atoms with Crippen LogP contribution in [-0.4, -0.2) is 10.2 Å². The Bertz CT molecular complexity index is 695. The number of rotatable bonds is 5. The van der Waals surface area contributed by atoms with E-state index in [1.165, 1.54) is 5.56 Å². The third kappa shape index (κ3) is 3.68. The zero-order valence-electron chi connectivity index (χ0n) is 11.3. The van der Waals surface area contributed by atoms with Gasteiger partial charge in [0.2, 0.25) is 11.8 Å². The van der Waals surface area contributed by atoms with Crippen molar-refractivity contribution in [2.75, 3.05) is 0 Å². The van der Waals surface area contributed by atoms with Crippen LogP contribution in [0, 0.1) is 0 Å². The summed E-state index contributed by atoms with van der Waals surface area (Å²) in [4.78, 5) is 0. The van der Waals surface area contributed by atoms with E-state index in [1.54, 1.807) is 12.1 Å². The summed E-state index contributed by atoms with van der Waals surface area (Å²) in [6.45, 7) is 1.30. The van der Waals surface area contributed by atoms with Crippen LogP contribution in [0.1, 0.15) is 11.5 Å². The van der Waals surface area contributed by atoms with Crippen molar-refractivity contribution in [2.45, 2.75) is 13.1 Å². The second-order valence-corrected chi connectivity index (χ2v) is 5.03. The van der Waals surface area contributed by atoms with Crippen molar-refractivity contribution in [2.24, 2.45) is 0 Å². The van der Waals surface area contributed by atoms with Crippen molar-refractivity contribution in [1.82, 2.24) is 15.5 Å². The Morgan fingerprint density at radius 1 is 0.905 bits per heavy atom. The molecular weight excluding hydrogens is 286 g/mol. The maximum absolute atomic E-state index is 5.85. The van der Waals surface area contributed by atoms with Crippen molar-refractivity contribution in [1.29, 1.82) is 0 Å². The lowest BCUT2D eigenvalue weighted by molar-refractivity contribution is 0.477. The first-order valence-electron chi connectivity index (χ1n) is 6.64. The Hall–Kier alpha value is -2.17. The summed E-state index contributed by atoms with van der Waals surface area (Å²) in [7, 11) is 0. The molecule has 0 saturated heterocycles. The molecule has 21 heavy (non-hydrogen) atoms. The lowest BCUT2D eigenvalue weighted by Gasteiger charge is -2.01. The van der Waals surface area contributed by atoms with Crippen molar-refractivity contribution >= 4 is 11.6 Å². The Balaban J connectivity index is 1.59. The molecule has 5 heteroatoms. The van der Waals surface area contributed by atoms with Crippen LogP contribution in [-0.2, 0) is 13.1 Å². The SMILES string of the molecule is Clc1ccc(-c2nnc(CNCc3ccccc3)o2)cc1. The van der Waals surface area contributed by atoms with E-state index in [-0.39, 0.29) is 0 Å².